The molecule has 0 saturated carbocycles. The fourth-order valence-electron chi connectivity index (χ4n) is 1.68. The fourth-order valence-corrected chi connectivity index (χ4v) is 2.56. The van der Waals surface area contributed by atoms with Gasteiger partial charge in [-0.15, -0.1) is 0 Å². The van der Waals surface area contributed by atoms with Crippen LogP contribution in [0.3, 0.4) is 0 Å². The van der Waals surface area contributed by atoms with E-state index in [0.29, 0.717) is 4.90 Å². The van der Waals surface area contributed by atoms with Crippen LogP contribution in [0.25, 0.3) is 0 Å². The lowest BCUT2D eigenvalue weighted by Gasteiger charge is -2.24. The van der Waals surface area contributed by atoms with Gasteiger partial charge in [0.1, 0.15) is 0 Å². The first kappa shape index (κ1) is 16.0. The lowest BCUT2D eigenvalue weighted by molar-refractivity contribution is 0.220. The van der Waals surface area contributed by atoms with Crippen molar-refractivity contribution in [1.29, 1.82) is 0 Å². The summed E-state index contributed by atoms with van der Waals surface area (Å²) in [7, 11) is -3.13. The fraction of sp³-hybridized carbons (Fsp3) is 0.571. The van der Waals surface area contributed by atoms with Crippen molar-refractivity contribution in [3.63, 3.8) is 0 Å². The molecule has 0 atom stereocenters. The Kier molecular flexibility index (Phi) is 5.38. The van der Waals surface area contributed by atoms with Gasteiger partial charge >= 0.3 is 0 Å². The Labute approximate surface area is 115 Å². The average molecular weight is 285 g/mol. The molecule has 0 spiro atoms. The molecule has 108 valence electrons. The third-order valence-corrected chi connectivity index (χ3v) is 4.90. The summed E-state index contributed by atoms with van der Waals surface area (Å²) in [5.74, 6) is 0.114. The van der Waals surface area contributed by atoms with E-state index < -0.39 is 9.84 Å². The van der Waals surface area contributed by atoms with E-state index in [2.05, 4.69) is 19.2 Å². The van der Waals surface area contributed by atoms with E-state index in [1.54, 1.807) is 31.2 Å². The van der Waals surface area contributed by atoms with Crippen LogP contribution in [0.15, 0.2) is 29.2 Å². The minimum Gasteiger partial charge on any atom is -0.396 e. The van der Waals surface area contributed by atoms with Crippen molar-refractivity contribution in [3.05, 3.63) is 24.3 Å². The zero-order valence-corrected chi connectivity index (χ0v) is 12.6. The van der Waals surface area contributed by atoms with Gasteiger partial charge in [-0.2, -0.15) is 0 Å². The van der Waals surface area contributed by atoms with Gasteiger partial charge < -0.3 is 10.4 Å². The predicted octanol–water partition coefficient (Wildman–Crippen LogP) is 2.30. The van der Waals surface area contributed by atoms with Crippen molar-refractivity contribution in [1.82, 2.24) is 0 Å². The van der Waals surface area contributed by atoms with Gasteiger partial charge in [-0.3, -0.25) is 0 Å². The normalized spacial score (nSPS) is 12.4. The molecule has 0 aliphatic carbocycles. The summed E-state index contributed by atoms with van der Waals surface area (Å²) in [6.07, 6.45) is 0.725. The van der Waals surface area contributed by atoms with Gasteiger partial charge in [-0.25, -0.2) is 8.42 Å². The van der Waals surface area contributed by atoms with Gasteiger partial charge in [-0.1, -0.05) is 20.8 Å². The Balaban J connectivity index is 2.68. The molecule has 0 saturated heterocycles. The second kappa shape index (κ2) is 6.39. The number of hydrogen-bond donors (Lipinski definition) is 2. The number of hydrogen-bond acceptors (Lipinski definition) is 4. The Morgan fingerprint density at radius 3 is 2.26 bits per heavy atom. The molecule has 1 aromatic rings. The van der Waals surface area contributed by atoms with Crippen LogP contribution >= 0.6 is 0 Å². The zero-order valence-electron chi connectivity index (χ0n) is 11.8. The molecule has 1 rings (SSSR count). The van der Waals surface area contributed by atoms with Crippen LogP contribution in [0.4, 0.5) is 5.69 Å². The number of rotatable bonds is 7. The summed E-state index contributed by atoms with van der Waals surface area (Å²) in [6, 6.07) is 6.80. The standard InChI is InChI=1S/C14H23NO3S/c1-4-19(17,18)13-7-5-12(6-8-13)15-11-14(2,3)9-10-16/h5-8,15-16H,4,9-11H2,1-3H3. The summed E-state index contributed by atoms with van der Waals surface area (Å²) in [5, 5.41) is 12.2. The van der Waals surface area contributed by atoms with Gasteiger partial charge in [0, 0.05) is 18.8 Å². The monoisotopic (exact) mass is 285 g/mol. The Hall–Kier alpha value is -1.07. The molecule has 0 unspecified atom stereocenters. The van der Waals surface area contributed by atoms with E-state index in [9.17, 15) is 8.42 Å². The highest BCUT2D eigenvalue weighted by Gasteiger charge is 2.17. The molecular weight excluding hydrogens is 262 g/mol. The van der Waals surface area contributed by atoms with Crippen LogP contribution in [-0.4, -0.2) is 32.4 Å². The van der Waals surface area contributed by atoms with E-state index >= 15 is 0 Å². The number of sulfone groups is 1. The molecule has 0 heterocycles. The molecular formula is C14H23NO3S. The molecule has 19 heavy (non-hydrogen) atoms. The molecule has 0 fully saturated rings. The van der Waals surface area contributed by atoms with Crippen molar-refractivity contribution >= 4 is 15.5 Å². The highest BCUT2D eigenvalue weighted by atomic mass is 32.2. The van der Waals surface area contributed by atoms with Crippen molar-refractivity contribution in [3.8, 4) is 0 Å². The van der Waals surface area contributed by atoms with Gasteiger partial charge in [0.25, 0.3) is 0 Å². The minimum absolute atomic E-state index is 0.00289. The molecule has 5 heteroatoms. The van der Waals surface area contributed by atoms with E-state index in [-0.39, 0.29) is 17.8 Å². The summed E-state index contributed by atoms with van der Waals surface area (Å²) >= 11 is 0. The van der Waals surface area contributed by atoms with Crippen molar-refractivity contribution in [2.24, 2.45) is 5.41 Å². The average Bonchev–Trinajstić information content (AvgIpc) is 2.37. The molecule has 0 amide bonds. The topological polar surface area (TPSA) is 66.4 Å². The van der Waals surface area contributed by atoms with E-state index in [1.807, 2.05) is 0 Å². The van der Waals surface area contributed by atoms with Crippen LogP contribution in [0.1, 0.15) is 27.2 Å². The third kappa shape index (κ3) is 4.84. The van der Waals surface area contributed by atoms with Gasteiger partial charge in [0.15, 0.2) is 9.84 Å². The van der Waals surface area contributed by atoms with Crippen molar-refractivity contribution in [2.75, 3.05) is 24.2 Å². The third-order valence-electron chi connectivity index (χ3n) is 3.15. The van der Waals surface area contributed by atoms with E-state index in [1.165, 1.54) is 0 Å². The lowest BCUT2D eigenvalue weighted by Crippen LogP contribution is -2.24. The molecule has 0 aliphatic rings. The Morgan fingerprint density at radius 2 is 1.79 bits per heavy atom. The van der Waals surface area contributed by atoms with Crippen molar-refractivity contribution in [2.45, 2.75) is 32.1 Å². The van der Waals surface area contributed by atoms with Crippen LogP contribution in [0.5, 0.6) is 0 Å². The first-order valence-electron chi connectivity index (χ1n) is 6.48. The van der Waals surface area contributed by atoms with E-state index in [4.69, 9.17) is 5.11 Å². The molecule has 0 bridgehead atoms. The smallest absolute Gasteiger partial charge is 0.178 e. The number of aliphatic hydroxyl groups is 1. The van der Waals surface area contributed by atoms with Gasteiger partial charge in [-0.05, 0) is 36.1 Å². The largest absolute Gasteiger partial charge is 0.396 e. The molecule has 0 aromatic heterocycles. The first-order chi connectivity index (χ1) is 8.80. The van der Waals surface area contributed by atoms with Crippen molar-refractivity contribution < 1.29 is 13.5 Å². The molecule has 2 N–H and O–H groups in total. The minimum atomic E-state index is -3.13. The zero-order chi connectivity index (χ0) is 14.5. The van der Waals surface area contributed by atoms with Gasteiger partial charge in [0.2, 0.25) is 0 Å². The summed E-state index contributed by atoms with van der Waals surface area (Å²) in [4.78, 5) is 0.357. The summed E-state index contributed by atoms with van der Waals surface area (Å²) in [5.41, 5.74) is 0.893. The van der Waals surface area contributed by atoms with Gasteiger partial charge in [0.05, 0.1) is 10.6 Å². The van der Waals surface area contributed by atoms with Crippen LogP contribution in [-0.2, 0) is 9.84 Å². The van der Waals surface area contributed by atoms with Crippen LogP contribution in [0.2, 0.25) is 0 Å². The number of anilines is 1. The van der Waals surface area contributed by atoms with E-state index in [0.717, 1.165) is 18.7 Å². The highest BCUT2D eigenvalue weighted by molar-refractivity contribution is 7.91. The molecule has 0 aliphatic heterocycles. The molecule has 4 nitrogen and oxygen atoms in total. The number of aliphatic hydroxyl groups excluding tert-OH is 1. The number of nitrogens with one attached hydrogen (secondary N) is 1. The Morgan fingerprint density at radius 1 is 1.21 bits per heavy atom. The molecule has 1 aromatic carbocycles. The second-order valence-electron chi connectivity index (χ2n) is 5.42. The maximum atomic E-state index is 11.7. The maximum absolute atomic E-state index is 11.7. The van der Waals surface area contributed by atoms with Crippen LogP contribution in [0, 0.1) is 5.41 Å². The summed E-state index contributed by atoms with van der Waals surface area (Å²) in [6.45, 7) is 6.69. The second-order valence-corrected chi connectivity index (χ2v) is 7.70. The number of benzene rings is 1. The summed E-state index contributed by atoms with van der Waals surface area (Å²) < 4.78 is 23.3. The maximum Gasteiger partial charge on any atom is 0.178 e. The quantitative estimate of drug-likeness (QED) is 0.806. The highest BCUT2D eigenvalue weighted by Crippen LogP contribution is 2.21. The molecule has 0 radical (unpaired) electrons. The first-order valence-corrected chi connectivity index (χ1v) is 8.13. The predicted molar refractivity (Wildman–Crippen MR) is 78.1 cm³/mol. The van der Waals surface area contributed by atoms with Crippen LogP contribution < -0.4 is 5.32 Å². The SMILES string of the molecule is CCS(=O)(=O)c1ccc(NCC(C)(C)CCO)cc1. The lowest BCUT2D eigenvalue weighted by atomic mass is 9.90. The Bertz CT molecular complexity index is 492.